The fourth-order valence-electron chi connectivity index (χ4n) is 3.00. The molecule has 1 unspecified atom stereocenters. The summed E-state index contributed by atoms with van der Waals surface area (Å²) < 4.78 is 19.5. The zero-order chi connectivity index (χ0) is 19.6. The fourth-order valence-corrected chi connectivity index (χ4v) is 3.00. The minimum absolute atomic E-state index is 0.161. The van der Waals surface area contributed by atoms with E-state index in [0.717, 1.165) is 11.0 Å². The normalized spacial score (nSPS) is 19.0. The van der Waals surface area contributed by atoms with Gasteiger partial charge in [-0.05, 0) is 43.7 Å². The van der Waals surface area contributed by atoms with Crippen LogP contribution in [-0.4, -0.2) is 23.4 Å². The number of rotatable bonds is 5. The summed E-state index contributed by atoms with van der Waals surface area (Å²) in [6.45, 7) is 3.79. The molecule has 0 aliphatic carbocycles. The number of ether oxygens (including phenoxy) is 1. The van der Waals surface area contributed by atoms with Gasteiger partial charge in [0.2, 0.25) is 0 Å². The van der Waals surface area contributed by atoms with Crippen molar-refractivity contribution in [2.24, 2.45) is 0 Å². The number of carbonyl (C=O) groups is 2. The number of imide groups is 1. The smallest absolute Gasteiger partial charge is 0.325 e. The zero-order valence-corrected chi connectivity index (χ0v) is 15.0. The van der Waals surface area contributed by atoms with Gasteiger partial charge in [-0.3, -0.25) is 9.69 Å². The van der Waals surface area contributed by atoms with Crippen LogP contribution in [0.25, 0.3) is 0 Å². The molecule has 2 aromatic rings. The van der Waals surface area contributed by atoms with E-state index >= 15 is 0 Å². The second kappa shape index (κ2) is 7.08. The SMILES string of the molecule is CCOc1ccc(C2(C)NC(=O)N(Cc3ccc(C#N)cc3F)C2=O)cc1. The highest BCUT2D eigenvalue weighted by atomic mass is 19.1. The molecule has 0 radical (unpaired) electrons. The van der Waals surface area contributed by atoms with Crippen molar-refractivity contribution in [1.82, 2.24) is 10.2 Å². The Kier molecular flexibility index (Phi) is 4.82. The van der Waals surface area contributed by atoms with Crippen molar-refractivity contribution in [2.75, 3.05) is 6.61 Å². The number of urea groups is 1. The Balaban J connectivity index is 1.85. The van der Waals surface area contributed by atoms with Crippen molar-refractivity contribution in [3.8, 4) is 11.8 Å². The third-order valence-electron chi connectivity index (χ3n) is 4.53. The summed E-state index contributed by atoms with van der Waals surface area (Å²) in [6.07, 6.45) is 0. The van der Waals surface area contributed by atoms with Crippen LogP contribution in [-0.2, 0) is 16.9 Å². The Hall–Kier alpha value is -3.40. The number of amides is 3. The van der Waals surface area contributed by atoms with Gasteiger partial charge >= 0.3 is 6.03 Å². The van der Waals surface area contributed by atoms with E-state index in [1.54, 1.807) is 31.2 Å². The molecule has 0 bridgehead atoms. The van der Waals surface area contributed by atoms with Gasteiger partial charge in [0.15, 0.2) is 0 Å². The number of hydrogen-bond donors (Lipinski definition) is 1. The molecule has 1 heterocycles. The van der Waals surface area contributed by atoms with E-state index in [9.17, 15) is 14.0 Å². The molecule has 0 aromatic heterocycles. The number of nitrogens with zero attached hydrogens (tertiary/aromatic N) is 2. The summed E-state index contributed by atoms with van der Waals surface area (Å²) in [6, 6.07) is 12.1. The second-order valence-corrected chi connectivity index (χ2v) is 6.32. The van der Waals surface area contributed by atoms with E-state index in [1.165, 1.54) is 12.1 Å². The van der Waals surface area contributed by atoms with Gasteiger partial charge in [0, 0.05) is 5.56 Å². The molecule has 27 heavy (non-hydrogen) atoms. The number of nitriles is 1. The van der Waals surface area contributed by atoms with Crippen LogP contribution in [0.4, 0.5) is 9.18 Å². The molecular formula is C20H18FN3O3. The average Bonchev–Trinajstić information content (AvgIpc) is 2.88. The van der Waals surface area contributed by atoms with Gasteiger partial charge in [0.05, 0.1) is 24.8 Å². The second-order valence-electron chi connectivity index (χ2n) is 6.32. The summed E-state index contributed by atoms with van der Waals surface area (Å²) >= 11 is 0. The predicted molar refractivity (Wildman–Crippen MR) is 95.2 cm³/mol. The van der Waals surface area contributed by atoms with Crippen molar-refractivity contribution in [1.29, 1.82) is 5.26 Å². The first kappa shape index (κ1) is 18.4. The first-order valence-corrected chi connectivity index (χ1v) is 8.45. The molecule has 6 nitrogen and oxygen atoms in total. The van der Waals surface area contributed by atoms with Gasteiger partial charge in [-0.15, -0.1) is 0 Å². The largest absolute Gasteiger partial charge is 0.494 e. The van der Waals surface area contributed by atoms with Gasteiger partial charge < -0.3 is 10.1 Å². The Morgan fingerprint density at radius 2 is 1.93 bits per heavy atom. The van der Waals surface area contributed by atoms with Crippen LogP contribution in [0.15, 0.2) is 42.5 Å². The van der Waals surface area contributed by atoms with Gasteiger partial charge in [0.25, 0.3) is 5.91 Å². The van der Waals surface area contributed by atoms with E-state index in [-0.39, 0.29) is 17.7 Å². The number of hydrogen-bond acceptors (Lipinski definition) is 4. The molecule has 3 amide bonds. The lowest BCUT2D eigenvalue weighted by atomic mass is 9.92. The van der Waals surface area contributed by atoms with E-state index in [0.29, 0.717) is 17.9 Å². The monoisotopic (exact) mass is 367 g/mol. The molecule has 2 aromatic carbocycles. The first-order chi connectivity index (χ1) is 12.9. The number of benzene rings is 2. The van der Waals surface area contributed by atoms with Crippen molar-refractivity contribution in [3.05, 3.63) is 65.0 Å². The lowest BCUT2D eigenvalue weighted by Crippen LogP contribution is -2.40. The molecule has 3 rings (SSSR count). The highest BCUT2D eigenvalue weighted by Gasteiger charge is 2.49. The molecule has 1 atom stereocenters. The summed E-state index contributed by atoms with van der Waals surface area (Å²) in [5.74, 6) is -0.442. The molecule has 1 aliphatic rings. The maximum atomic E-state index is 14.1. The molecular weight excluding hydrogens is 349 g/mol. The minimum Gasteiger partial charge on any atom is -0.494 e. The lowest BCUT2D eigenvalue weighted by Gasteiger charge is -2.22. The predicted octanol–water partition coefficient (Wildman–Crippen LogP) is 3.06. The Morgan fingerprint density at radius 3 is 2.52 bits per heavy atom. The molecule has 7 heteroatoms. The Morgan fingerprint density at radius 1 is 1.22 bits per heavy atom. The fraction of sp³-hybridized carbons (Fsp3) is 0.250. The number of halogens is 1. The average molecular weight is 367 g/mol. The van der Waals surface area contributed by atoms with Gasteiger partial charge in [-0.25, -0.2) is 9.18 Å². The molecule has 1 aliphatic heterocycles. The van der Waals surface area contributed by atoms with Crippen LogP contribution in [0.5, 0.6) is 5.75 Å². The third-order valence-corrected chi connectivity index (χ3v) is 4.53. The van der Waals surface area contributed by atoms with E-state index < -0.39 is 23.3 Å². The van der Waals surface area contributed by atoms with Crippen molar-refractivity contribution in [3.63, 3.8) is 0 Å². The highest BCUT2D eigenvalue weighted by molar-refractivity contribution is 6.07. The molecule has 1 fully saturated rings. The molecule has 1 N–H and O–H groups in total. The topological polar surface area (TPSA) is 82.4 Å². The lowest BCUT2D eigenvalue weighted by molar-refractivity contribution is -0.131. The zero-order valence-electron chi connectivity index (χ0n) is 15.0. The van der Waals surface area contributed by atoms with Crippen molar-refractivity contribution >= 4 is 11.9 Å². The van der Waals surface area contributed by atoms with Crippen LogP contribution in [0.3, 0.4) is 0 Å². The summed E-state index contributed by atoms with van der Waals surface area (Å²) in [7, 11) is 0. The van der Waals surface area contributed by atoms with Crippen LogP contribution >= 0.6 is 0 Å². The van der Waals surface area contributed by atoms with Gasteiger partial charge in [-0.1, -0.05) is 18.2 Å². The number of nitrogens with one attached hydrogen (secondary N) is 1. The summed E-state index contributed by atoms with van der Waals surface area (Å²) in [4.78, 5) is 26.3. The molecule has 1 saturated heterocycles. The maximum absolute atomic E-state index is 14.1. The third kappa shape index (κ3) is 3.34. The van der Waals surface area contributed by atoms with Gasteiger partial charge in [-0.2, -0.15) is 5.26 Å². The first-order valence-electron chi connectivity index (χ1n) is 8.45. The van der Waals surface area contributed by atoms with Crippen LogP contribution in [0.1, 0.15) is 30.5 Å². The van der Waals surface area contributed by atoms with Crippen LogP contribution in [0.2, 0.25) is 0 Å². The van der Waals surface area contributed by atoms with E-state index in [2.05, 4.69) is 5.32 Å². The van der Waals surface area contributed by atoms with Gasteiger partial charge in [0.1, 0.15) is 17.1 Å². The number of carbonyl (C=O) groups excluding carboxylic acids is 2. The highest BCUT2D eigenvalue weighted by Crippen LogP contribution is 2.31. The molecule has 138 valence electrons. The van der Waals surface area contributed by atoms with Crippen molar-refractivity contribution in [2.45, 2.75) is 25.9 Å². The Labute approximate surface area is 156 Å². The van der Waals surface area contributed by atoms with Crippen LogP contribution in [0, 0.1) is 17.1 Å². The van der Waals surface area contributed by atoms with Crippen LogP contribution < -0.4 is 10.1 Å². The Bertz CT molecular complexity index is 936. The standard InChI is InChI=1S/C20H18FN3O3/c1-3-27-16-8-6-15(7-9-16)20(2)18(25)24(19(26)23-20)12-14-5-4-13(11-22)10-17(14)21/h4-10H,3,12H2,1-2H3,(H,23,26). The minimum atomic E-state index is -1.25. The maximum Gasteiger partial charge on any atom is 0.325 e. The summed E-state index contributed by atoms with van der Waals surface area (Å²) in [5, 5.41) is 11.5. The quantitative estimate of drug-likeness (QED) is 0.824. The van der Waals surface area contributed by atoms with E-state index in [1.807, 2.05) is 13.0 Å². The summed E-state index contributed by atoms with van der Waals surface area (Å²) in [5.41, 5.74) is -0.307. The molecule has 0 spiro atoms. The van der Waals surface area contributed by atoms with Crippen molar-refractivity contribution < 1.29 is 18.7 Å². The van der Waals surface area contributed by atoms with E-state index in [4.69, 9.17) is 10.00 Å². The molecule has 0 saturated carbocycles.